The summed E-state index contributed by atoms with van der Waals surface area (Å²) in [5.41, 5.74) is 0.863. The van der Waals surface area contributed by atoms with Crippen molar-refractivity contribution < 1.29 is 0 Å². The van der Waals surface area contributed by atoms with Crippen LogP contribution in [-0.2, 0) is 0 Å². The van der Waals surface area contributed by atoms with Crippen molar-refractivity contribution >= 4 is 9.24 Å². The Bertz CT molecular complexity index is 79.0. The van der Waals surface area contributed by atoms with Crippen molar-refractivity contribution in [3.63, 3.8) is 0 Å². The molecule has 0 bridgehead atoms. The maximum Gasteiger partial charge on any atom is -0.0267 e. The van der Waals surface area contributed by atoms with Crippen molar-refractivity contribution in [2.45, 2.75) is 65.0 Å². The third-order valence-corrected chi connectivity index (χ3v) is 3.55. The maximum atomic E-state index is 2.94. The smallest absolute Gasteiger partial charge is 0.0267 e. The average molecular weight is 188 g/mol. The van der Waals surface area contributed by atoms with Crippen LogP contribution in [0.25, 0.3) is 0 Å². The molecular formula is C11H25P. The molecule has 0 N–H and O–H groups in total. The Morgan fingerprint density at radius 3 is 2.08 bits per heavy atom. The van der Waals surface area contributed by atoms with Crippen molar-refractivity contribution in [3.05, 3.63) is 0 Å². The molecule has 0 aliphatic rings. The van der Waals surface area contributed by atoms with Gasteiger partial charge < -0.3 is 0 Å². The molecule has 0 saturated heterocycles. The largest absolute Gasteiger partial charge is 0.134 e. The first-order valence-corrected chi connectivity index (χ1v) is 6.12. The number of rotatable bonds is 7. The van der Waals surface area contributed by atoms with Crippen LogP contribution in [0.4, 0.5) is 0 Å². The molecule has 3 atom stereocenters. The van der Waals surface area contributed by atoms with Crippen molar-refractivity contribution in [2.24, 2.45) is 5.92 Å². The van der Waals surface area contributed by atoms with Gasteiger partial charge in [0, 0.05) is 0 Å². The fourth-order valence-corrected chi connectivity index (χ4v) is 1.54. The van der Waals surface area contributed by atoms with Gasteiger partial charge in [-0.3, -0.25) is 0 Å². The quantitative estimate of drug-likeness (QED) is 0.414. The Morgan fingerprint density at radius 2 is 1.58 bits per heavy atom. The van der Waals surface area contributed by atoms with Crippen molar-refractivity contribution in [1.29, 1.82) is 0 Å². The summed E-state index contributed by atoms with van der Waals surface area (Å²) in [7, 11) is 2.94. The van der Waals surface area contributed by atoms with E-state index in [9.17, 15) is 0 Å². The molecule has 0 rings (SSSR count). The summed E-state index contributed by atoms with van der Waals surface area (Å²) in [5.74, 6) is 0.939. The van der Waals surface area contributed by atoms with E-state index in [-0.39, 0.29) is 0 Å². The summed E-state index contributed by atoms with van der Waals surface area (Å²) in [6.07, 6.45) is 8.34. The topological polar surface area (TPSA) is 0 Å². The van der Waals surface area contributed by atoms with Crippen LogP contribution in [0.15, 0.2) is 0 Å². The van der Waals surface area contributed by atoms with Gasteiger partial charge in [-0.1, -0.05) is 46.5 Å². The van der Waals surface area contributed by atoms with Crippen molar-refractivity contribution in [3.8, 4) is 0 Å². The maximum absolute atomic E-state index is 2.94. The normalized spacial score (nSPS) is 16.0. The SMILES string of the molecule is CCC(C)CCCCC(P)CC. The second-order valence-electron chi connectivity index (χ2n) is 3.97. The minimum Gasteiger partial charge on any atom is -0.134 e. The molecule has 74 valence electrons. The number of unbranched alkanes of at least 4 members (excludes halogenated alkanes) is 1. The molecule has 0 aliphatic heterocycles. The third kappa shape index (κ3) is 7.10. The van der Waals surface area contributed by atoms with Gasteiger partial charge >= 0.3 is 0 Å². The lowest BCUT2D eigenvalue weighted by atomic mass is 10.00. The third-order valence-electron chi connectivity index (χ3n) is 2.74. The van der Waals surface area contributed by atoms with Crippen LogP contribution in [-0.4, -0.2) is 5.66 Å². The fourth-order valence-electron chi connectivity index (χ4n) is 1.31. The highest BCUT2D eigenvalue weighted by Crippen LogP contribution is 2.17. The standard InChI is InChI=1S/C11H25P/c1-4-10(3)8-6-7-9-11(12)5-2/h10-11H,4-9,12H2,1-3H3. The molecule has 0 amide bonds. The summed E-state index contributed by atoms with van der Waals surface area (Å²) in [6.45, 7) is 6.92. The molecule has 0 aromatic rings. The van der Waals surface area contributed by atoms with Crippen molar-refractivity contribution in [2.75, 3.05) is 0 Å². The van der Waals surface area contributed by atoms with Crippen LogP contribution >= 0.6 is 9.24 Å². The Hall–Kier alpha value is 0.430. The predicted octanol–water partition coefficient (Wildman–Crippen LogP) is 4.25. The van der Waals surface area contributed by atoms with Gasteiger partial charge in [0.25, 0.3) is 0 Å². The lowest BCUT2D eigenvalue weighted by Gasteiger charge is -2.10. The molecule has 0 nitrogen and oxygen atoms in total. The van der Waals surface area contributed by atoms with E-state index in [1.54, 1.807) is 0 Å². The van der Waals surface area contributed by atoms with Gasteiger partial charge in [0.15, 0.2) is 0 Å². The highest BCUT2D eigenvalue weighted by atomic mass is 31.0. The van der Waals surface area contributed by atoms with E-state index in [0.29, 0.717) is 0 Å². The van der Waals surface area contributed by atoms with Gasteiger partial charge in [-0.05, 0) is 24.4 Å². The minimum absolute atomic E-state index is 0.863. The second-order valence-corrected chi connectivity index (χ2v) is 4.91. The monoisotopic (exact) mass is 188 g/mol. The van der Waals surface area contributed by atoms with Gasteiger partial charge in [-0.15, -0.1) is 9.24 Å². The van der Waals surface area contributed by atoms with Crippen LogP contribution in [0, 0.1) is 5.92 Å². The molecule has 3 unspecified atom stereocenters. The van der Waals surface area contributed by atoms with Crippen LogP contribution in [0.3, 0.4) is 0 Å². The lowest BCUT2D eigenvalue weighted by Crippen LogP contribution is -1.96. The molecule has 0 aliphatic carbocycles. The summed E-state index contributed by atoms with van der Waals surface area (Å²) in [5, 5.41) is 0. The van der Waals surface area contributed by atoms with E-state index < -0.39 is 0 Å². The van der Waals surface area contributed by atoms with E-state index in [0.717, 1.165) is 11.6 Å². The Kier molecular flexibility index (Phi) is 8.34. The summed E-state index contributed by atoms with van der Waals surface area (Å²) >= 11 is 0. The van der Waals surface area contributed by atoms with Gasteiger partial charge in [-0.2, -0.15) is 0 Å². The van der Waals surface area contributed by atoms with Gasteiger partial charge in [-0.25, -0.2) is 0 Å². The highest BCUT2D eigenvalue weighted by Gasteiger charge is 2.00. The molecule has 0 aromatic carbocycles. The Morgan fingerprint density at radius 1 is 1.00 bits per heavy atom. The zero-order valence-corrected chi connectivity index (χ0v) is 10.1. The van der Waals surface area contributed by atoms with E-state index in [4.69, 9.17) is 0 Å². The molecule has 1 heteroatoms. The van der Waals surface area contributed by atoms with E-state index in [1.165, 1.54) is 38.5 Å². The molecule has 0 aromatic heterocycles. The highest BCUT2D eigenvalue weighted by molar-refractivity contribution is 7.17. The molecule has 0 heterocycles. The summed E-state index contributed by atoms with van der Waals surface area (Å²) in [6, 6.07) is 0. The molecule has 0 radical (unpaired) electrons. The van der Waals surface area contributed by atoms with Crippen molar-refractivity contribution in [1.82, 2.24) is 0 Å². The Balaban J connectivity index is 3.10. The summed E-state index contributed by atoms with van der Waals surface area (Å²) in [4.78, 5) is 0. The lowest BCUT2D eigenvalue weighted by molar-refractivity contribution is 0.475. The predicted molar refractivity (Wildman–Crippen MR) is 61.7 cm³/mol. The first-order chi connectivity index (χ1) is 5.70. The summed E-state index contributed by atoms with van der Waals surface area (Å²) < 4.78 is 0. The van der Waals surface area contributed by atoms with E-state index in [1.807, 2.05) is 0 Å². The molecule has 0 spiro atoms. The van der Waals surface area contributed by atoms with Gasteiger partial charge in [0.1, 0.15) is 0 Å². The van der Waals surface area contributed by atoms with E-state index in [2.05, 4.69) is 30.0 Å². The van der Waals surface area contributed by atoms with Gasteiger partial charge in [0.2, 0.25) is 0 Å². The fraction of sp³-hybridized carbons (Fsp3) is 1.00. The molecule has 0 fully saturated rings. The second kappa shape index (κ2) is 8.05. The Labute approximate surface area is 80.7 Å². The average Bonchev–Trinajstić information content (AvgIpc) is 2.11. The molecule has 0 saturated carbocycles. The van der Waals surface area contributed by atoms with Gasteiger partial charge in [0.05, 0.1) is 0 Å². The molecule has 12 heavy (non-hydrogen) atoms. The number of hydrogen-bond donors (Lipinski definition) is 0. The first kappa shape index (κ1) is 12.4. The number of hydrogen-bond acceptors (Lipinski definition) is 0. The van der Waals surface area contributed by atoms with E-state index >= 15 is 0 Å². The van der Waals surface area contributed by atoms with Crippen LogP contribution < -0.4 is 0 Å². The first-order valence-electron chi connectivity index (χ1n) is 5.46. The zero-order valence-electron chi connectivity index (χ0n) is 8.97. The van der Waals surface area contributed by atoms with Crippen LogP contribution in [0.5, 0.6) is 0 Å². The van der Waals surface area contributed by atoms with Crippen LogP contribution in [0.2, 0.25) is 0 Å². The van der Waals surface area contributed by atoms with Crippen LogP contribution in [0.1, 0.15) is 59.3 Å². The minimum atomic E-state index is 0.863. The molecular weight excluding hydrogens is 163 g/mol. The zero-order chi connectivity index (χ0) is 9.40.